The number of nitrogens with one attached hydrogen (secondary N) is 1. The molecule has 0 saturated carbocycles. The summed E-state index contributed by atoms with van der Waals surface area (Å²) in [6.07, 6.45) is 2.70. The molecule has 118 valence electrons. The van der Waals surface area contributed by atoms with E-state index < -0.39 is 8.80 Å². The SMILES string of the molecule is C=CN(Cc1ccccc1)NCCC[Si](OC)(OC)OC. The lowest BCUT2D eigenvalue weighted by Crippen LogP contribution is -2.43. The molecule has 6 heteroatoms. The number of rotatable bonds is 11. The highest BCUT2D eigenvalue weighted by molar-refractivity contribution is 6.60. The van der Waals surface area contributed by atoms with E-state index in [0.29, 0.717) is 0 Å². The van der Waals surface area contributed by atoms with Gasteiger partial charge in [-0.1, -0.05) is 36.9 Å². The topological polar surface area (TPSA) is 43.0 Å². The molecule has 0 unspecified atom stereocenters. The van der Waals surface area contributed by atoms with Gasteiger partial charge in [-0.2, -0.15) is 0 Å². The molecule has 1 aromatic carbocycles. The Bertz CT molecular complexity index is 391. The summed E-state index contributed by atoms with van der Waals surface area (Å²) in [5.74, 6) is 0. The second kappa shape index (κ2) is 9.70. The molecule has 0 fully saturated rings. The van der Waals surface area contributed by atoms with Crippen LogP contribution in [-0.4, -0.2) is 41.7 Å². The minimum Gasteiger partial charge on any atom is -0.377 e. The molecule has 0 atom stereocenters. The van der Waals surface area contributed by atoms with E-state index in [4.69, 9.17) is 13.3 Å². The zero-order valence-electron chi connectivity index (χ0n) is 13.2. The summed E-state index contributed by atoms with van der Waals surface area (Å²) >= 11 is 0. The van der Waals surface area contributed by atoms with Crippen LogP contribution in [0.2, 0.25) is 6.04 Å². The van der Waals surface area contributed by atoms with Crippen molar-refractivity contribution in [3.05, 3.63) is 48.7 Å². The second-order valence-electron chi connectivity index (χ2n) is 4.60. The van der Waals surface area contributed by atoms with E-state index in [1.165, 1.54) is 5.56 Å². The van der Waals surface area contributed by atoms with Crippen molar-refractivity contribution in [3.63, 3.8) is 0 Å². The number of benzene rings is 1. The summed E-state index contributed by atoms with van der Waals surface area (Å²) in [6, 6.07) is 11.0. The van der Waals surface area contributed by atoms with Crippen molar-refractivity contribution >= 4 is 8.80 Å². The largest absolute Gasteiger partial charge is 0.500 e. The van der Waals surface area contributed by atoms with Crippen LogP contribution in [0.4, 0.5) is 0 Å². The summed E-state index contributed by atoms with van der Waals surface area (Å²) in [4.78, 5) is 0. The van der Waals surface area contributed by atoms with Gasteiger partial charge in [0.2, 0.25) is 0 Å². The lowest BCUT2D eigenvalue weighted by atomic mass is 10.2. The second-order valence-corrected chi connectivity index (χ2v) is 7.69. The van der Waals surface area contributed by atoms with Crippen LogP contribution in [0.5, 0.6) is 0 Å². The first-order chi connectivity index (χ1) is 10.2. The van der Waals surface area contributed by atoms with E-state index in [2.05, 4.69) is 24.1 Å². The van der Waals surface area contributed by atoms with Gasteiger partial charge in [-0.3, -0.25) is 0 Å². The highest BCUT2D eigenvalue weighted by Gasteiger charge is 2.36. The van der Waals surface area contributed by atoms with E-state index in [-0.39, 0.29) is 0 Å². The predicted molar refractivity (Wildman–Crippen MR) is 86.4 cm³/mol. The van der Waals surface area contributed by atoms with Crippen LogP contribution in [0, 0.1) is 0 Å². The minimum absolute atomic E-state index is 0.778. The van der Waals surface area contributed by atoms with E-state index in [0.717, 1.165) is 25.6 Å². The van der Waals surface area contributed by atoms with Crippen LogP contribution < -0.4 is 5.43 Å². The minimum atomic E-state index is -2.46. The monoisotopic (exact) mass is 310 g/mol. The van der Waals surface area contributed by atoms with Gasteiger partial charge in [0.1, 0.15) is 0 Å². The fourth-order valence-corrected chi connectivity index (χ4v) is 3.77. The van der Waals surface area contributed by atoms with Gasteiger partial charge in [-0.05, 0) is 12.0 Å². The Kier molecular flexibility index (Phi) is 8.25. The van der Waals surface area contributed by atoms with E-state index >= 15 is 0 Å². The van der Waals surface area contributed by atoms with Crippen molar-refractivity contribution in [3.8, 4) is 0 Å². The van der Waals surface area contributed by atoms with Crippen LogP contribution in [0.3, 0.4) is 0 Å². The van der Waals surface area contributed by atoms with Crippen LogP contribution in [0.15, 0.2) is 43.1 Å². The average Bonchev–Trinajstić information content (AvgIpc) is 2.55. The Balaban J connectivity index is 2.34. The molecular formula is C15H26N2O3Si. The summed E-state index contributed by atoms with van der Waals surface area (Å²) in [7, 11) is 2.45. The summed E-state index contributed by atoms with van der Waals surface area (Å²) < 4.78 is 16.2. The van der Waals surface area contributed by atoms with Crippen molar-refractivity contribution < 1.29 is 13.3 Å². The first kappa shape index (κ1) is 17.9. The Morgan fingerprint density at radius 2 is 1.76 bits per heavy atom. The number of nitrogens with zero attached hydrogens (tertiary/aromatic N) is 1. The molecule has 0 heterocycles. The fourth-order valence-electron chi connectivity index (χ4n) is 2.05. The molecule has 0 bridgehead atoms. The molecular weight excluding hydrogens is 284 g/mol. The van der Waals surface area contributed by atoms with Gasteiger partial charge in [0.15, 0.2) is 0 Å². The maximum atomic E-state index is 5.40. The number of hydrogen-bond acceptors (Lipinski definition) is 5. The molecule has 1 N–H and O–H groups in total. The smallest absolute Gasteiger partial charge is 0.377 e. The summed E-state index contributed by atoms with van der Waals surface area (Å²) in [6.45, 7) is 5.42. The van der Waals surface area contributed by atoms with Gasteiger partial charge >= 0.3 is 8.80 Å². The first-order valence-corrected chi connectivity index (χ1v) is 8.95. The highest BCUT2D eigenvalue weighted by Crippen LogP contribution is 2.14. The van der Waals surface area contributed by atoms with Crippen LogP contribution in [0.25, 0.3) is 0 Å². The van der Waals surface area contributed by atoms with Gasteiger partial charge in [-0.25, -0.2) is 5.43 Å². The average molecular weight is 310 g/mol. The quantitative estimate of drug-likeness (QED) is 0.386. The summed E-state index contributed by atoms with van der Waals surface area (Å²) in [5, 5.41) is 1.98. The first-order valence-electron chi connectivity index (χ1n) is 7.01. The fraction of sp³-hybridized carbons (Fsp3) is 0.467. The molecule has 0 amide bonds. The number of hydrogen-bond donors (Lipinski definition) is 1. The Labute approximate surface area is 128 Å². The zero-order valence-corrected chi connectivity index (χ0v) is 14.2. The molecule has 21 heavy (non-hydrogen) atoms. The van der Waals surface area contributed by atoms with Gasteiger partial charge in [-0.15, -0.1) is 0 Å². The molecule has 1 aromatic rings. The predicted octanol–water partition coefficient (Wildman–Crippen LogP) is 2.40. The van der Waals surface area contributed by atoms with Crippen molar-refractivity contribution in [1.82, 2.24) is 10.4 Å². The molecule has 1 rings (SSSR count). The molecule has 0 saturated heterocycles. The van der Waals surface area contributed by atoms with Crippen molar-refractivity contribution in [2.45, 2.75) is 19.0 Å². The van der Waals surface area contributed by atoms with Crippen molar-refractivity contribution in [1.29, 1.82) is 0 Å². The Morgan fingerprint density at radius 1 is 1.14 bits per heavy atom. The maximum Gasteiger partial charge on any atom is 0.500 e. The molecule has 0 spiro atoms. The molecule has 5 nitrogen and oxygen atoms in total. The summed E-state index contributed by atoms with van der Waals surface area (Å²) in [5.41, 5.74) is 4.57. The Morgan fingerprint density at radius 3 is 2.29 bits per heavy atom. The van der Waals surface area contributed by atoms with E-state index in [1.807, 2.05) is 23.2 Å². The molecule has 0 aliphatic heterocycles. The van der Waals surface area contributed by atoms with Gasteiger partial charge in [0.05, 0.1) is 6.54 Å². The van der Waals surface area contributed by atoms with Crippen LogP contribution >= 0.6 is 0 Å². The van der Waals surface area contributed by atoms with Gasteiger partial charge < -0.3 is 18.3 Å². The van der Waals surface area contributed by atoms with Crippen LogP contribution in [0.1, 0.15) is 12.0 Å². The van der Waals surface area contributed by atoms with Gasteiger partial charge in [0.25, 0.3) is 0 Å². The molecule has 0 aromatic heterocycles. The Hall–Kier alpha value is -1.18. The van der Waals surface area contributed by atoms with Crippen LogP contribution in [-0.2, 0) is 19.8 Å². The lowest BCUT2D eigenvalue weighted by Gasteiger charge is -2.25. The number of hydrazine groups is 1. The molecule has 0 aliphatic rings. The van der Waals surface area contributed by atoms with E-state index in [9.17, 15) is 0 Å². The third kappa shape index (κ3) is 5.99. The van der Waals surface area contributed by atoms with Crippen molar-refractivity contribution in [2.75, 3.05) is 27.9 Å². The van der Waals surface area contributed by atoms with Gasteiger partial charge in [0, 0.05) is 40.1 Å². The third-order valence-corrected chi connectivity index (χ3v) is 6.16. The zero-order chi connectivity index (χ0) is 15.6. The highest BCUT2D eigenvalue weighted by atomic mass is 28.4. The molecule has 0 aliphatic carbocycles. The maximum absolute atomic E-state index is 5.40. The normalized spacial score (nSPS) is 11.4. The van der Waals surface area contributed by atoms with Crippen molar-refractivity contribution in [2.24, 2.45) is 0 Å². The van der Waals surface area contributed by atoms with E-state index in [1.54, 1.807) is 27.5 Å². The standard InChI is InChI=1S/C15H26N2O3Si/c1-5-17(14-15-10-7-6-8-11-15)16-12-9-13-21(18-2,19-3)20-4/h5-8,10-11,16H,1,9,12-14H2,2-4H3. The lowest BCUT2D eigenvalue weighted by molar-refractivity contribution is 0.122. The molecule has 0 radical (unpaired) electrons. The third-order valence-electron chi connectivity index (χ3n) is 3.32.